The van der Waals surface area contributed by atoms with Crippen molar-refractivity contribution in [3.63, 3.8) is 0 Å². The molecule has 1 aromatic rings. The largest absolute Gasteiger partial charge is 0.469 e. The molecule has 0 radical (unpaired) electrons. The Morgan fingerprint density at radius 2 is 1.70 bits per heavy atom. The third-order valence-corrected chi connectivity index (χ3v) is 3.60. The number of ether oxygens (including phenoxy) is 1. The lowest BCUT2D eigenvalue weighted by molar-refractivity contribution is -0.139. The Morgan fingerprint density at radius 3 is 2.20 bits per heavy atom. The lowest BCUT2D eigenvalue weighted by Gasteiger charge is -2.35. The van der Waals surface area contributed by atoms with Gasteiger partial charge >= 0.3 is 5.97 Å². The summed E-state index contributed by atoms with van der Waals surface area (Å²) in [7, 11) is 1.39. The van der Waals surface area contributed by atoms with Crippen molar-refractivity contribution in [2.24, 2.45) is 0 Å². The van der Waals surface area contributed by atoms with Gasteiger partial charge in [0, 0.05) is 38.8 Å². The van der Waals surface area contributed by atoms with Gasteiger partial charge in [0.1, 0.15) is 0 Å². The first-order chi connectivity index (χ1) is 9.60. The number of methoxy groups -OCH3 is 1. The fraction of sp³-hybridized carbons (Fsp3) is 0.467. The molecular formula is C15H20N2O3. The number of anilines is 1. The van der Waals surface area contributed by atoms with Gasteiger partial charge in [-0.05, 0) is 17.7 Å². The number of rotatable bonds is 3. The number of carbonyl (C=O) groups is 2. The maximum Gasteiger partial charge on any atom is 0.309 e. The van der Waals surface area contributed by atoms with Crippen molar-refractivity contribution in [2.45, 2.75) is 13.3 Å². The summed E-state index contributed by atoms with van der Waals surface area (Å²) in [5, 5.41) is 0. The van der Waals surface area contributed by atoms with Crippen molar-refractivity contribution < 1.29 is 14.3 Å². The topological polar surface area (TPSA) is 49.9 Å². The summed E-state index contributed by atoms with van der Waals surface area (Å²) in [5.74, 6) is -0.0918. The summed E-state index contributed by atoms with van der Waals surface area (Å²) >= 11 is 0. The van der Waals surface area contributed by atoms with Gasteiger partial charge in [0.25, 0.3) is 0 Å². The van der Waals surface area contributed by atoms with E-state index in [9.17, 15) is 9.59 Å². The van der Waals surface area contributed by atoms with Crippen LogP contribution in [0.5, 0.6) is 0 Å². The van der Waals surface area contributed by atoms with Crippen LogP contribution in [0.15, 0.2) is 24.3 Å². The Balaban J connectivity index is 1.94. The van der Waals surface area contributed by atoms with Crippen LogP contribution in [0.3, 0.4) is 0 Å². The summed E-state index contributed by atoms with van der Waals surface area (Å²) in [4.78, 5) is 26.6. The number of benzene rings is 1. The fourth-order valence-corrected chi connectivity index (χ4v) is 2.34. The summed E-state index contributed by atoms with van der Waals surface area (Å²) in [5.41, 5.74) is 2.07. The molecule has 0 unspecified atom stereocenters. The normalized spacial score (nSPS) is 15.1. The number of carbonyl (C=O) groups excluding carboxylic acids is 2. The Bertz CT molecular complexity index is 476. The van der Waals surface area contributed by atoms with Gasteiger partial charge in [-0.1, -0.05) is 12.1 Å². The smallest absolute Gasteiger partial charge is 0.309 e. The van der Waals surface area contributed by atoms with Crippen molar-refractivity contribution in [1.82, 2.24) is 4.90 Å². The van der Waals surface area contributed by atoms with Gasteiger partial charge in [-0.2, -0.15) is 0 Å². The predicted octanol–water partition coefficient (Wildman–Crippen LogP) is 1.07. The van der Waals surface area contributed by atoms with Crippen molar-refractivity contribution in [3.05, 3.63) is 29.8 Å². The first-order valence-corrected chi connectivity index (χ1v) is 6.76. The minimum absolute atomic E-state index is 0.137. The molecule has 0 saturated carbocycles. The van der Waals surface area contributed by atoms with Gasteiger partial charge in [0.2, 0.25) is 5.91 Å². The van der Waals surface area contributed by atoms with E-state index >= 15 is 0 Å². The van der Waals surface area contributed by atoms with Crippen molar-refractivity contribution in [2.75, 3.05) is 38.2 Å². The molecule has 0 N–H and O–H groups in total. The van der Waals surface area contributed by atoms with Gasteiger partial charge in [-0.3, -0.25) is 9.59 Å². The zero-order valence-electron chi connectivity index (χ0n) is 12.0. The lowest BCUT2D eigenvalue weighted by Crippen LogP contribution is -2.48. The Morgan fingerprint density at radius 1 is 1.10 bits per heavy atom. The second-order valence-electron chi connectivity index (χ2n) is 4.91. The van der Waals surface area contributed by atoms with Crippen LogP contribution in [0.1, 0.15) is 12.5 Å². The van der Waals surface area contributed by atoms with Crippen LogP contribution in [-0.4, -0.2) is 50.1 Å². The Kier molecular flexibility index (Phi) is 4.61. The monoisotopic (exact) mass is 276 g/mol. The molecule has 0 atom stereocenters. The molecule has 0 aliphatic carbocycles. The second-order valence-corrected chi connectivity index (χ2v) is 4.91. The molecule has 108 valence electrons. The molecule has 1 amide bonds. The molecule has 1 aliphatic rings. The third-order valence-electron chi connectivity index (χ3n) is 3.60. The molecule has 0 bridgehead atoms. The third kappa shape index (κ3) is 3.50. The maximum atomic E-state index is 11.3. The lowest BCUT2D eigenvalue weighted by atomic mass is 10.1. The van der Waals surface area contributed by atoms with E-state index in [4.69, 9.17) is 0 Å². The molecule has 1 fully saturated rings. The minimum atomic E-state index is -0.229. The number of amides is 1. The van der Waals surface area contributed by atoms with Crippen LogP contribution < -0.4 is 4.90 Å². The van der Waals surface area contributed by atoms with E-state index in [2.05, 4.69) is 9.64 Å². The summed E-state index contributed by atoms with van der Waals surface area (Å²) in [6, 6.07) is 7.93. The van der Waals surface area contributed by atoms with E-state index in [-0.39, 0.29) is 11.9 Å². The van der Waals surface area contributed by atoms with Crippen LogP contribution >= 0.6 is 0 Å². The summed E-state index contributed by atoms with van der Waals surface area (Å²) in [6.45, 7) is 4.82. The molecule has 1 aromatic carbocycles. The van der Waals surface area contributed by atoms with E-state index in [1.165, 1.54) is 7.11 Å². The van der Waals surface area contributed by atoms with E-state index in [0.717, 1.165) is 37.4 Å². The molecular weight excluding hydrogens is 256 g/mol. The van der Waals surface area contributed by atoms with Crippen LogP contribution in [0.25, 0.3) is 0 Å². The molecule has 1 heterocycles. The highest BCUT2D eigenvalue weighted by Crippen LogP contribution is 2.17. The molecule has 0 spiro atoms. The van der Waals surface area contributed by atoms with E-state index in [1.54, 1.807) is 6.92 Å². The van der Waals surface area contributed by atoms with Gasteiger partial charge in [0.15, 0.2) is 0 Å². The number of nitrogens with zero attached hydrogens (tertiary/aromatic N) is 2. The highest BCUT2D eigenvalue weighted by Gasteiger charge is 2.18. The molecule has 20 heavy (non-hydrogen) atoms. The standard InChI is InChI=1S/C15H20N2O3/c1-12(18)16-7-9-17(10-8-16)14-5-3-13(4-6-14)11-15(19)20-2/h3-6H,7-11H2,1-2H3. The first-order valence-electron chi connectivity index (χ1n) is 6.76. The number of esters is 1. The summed E-state index contributed by atoms with van der Waals surface area (Å²) in [6.07, 6.45) is 0.300. The van der Waals surface area contributed by atoms with Crippen molar-refractivity contribution in [3.8, 4) is 0 Å². The van der Waals surface area contributed by atoms with Crippen LogP contribution in [0.2, 0.25) is 0 Å². The van der Waals surface area contributed by atoms with Gasteiger partial charge in [0.05, 0.1) is 13.5 Å². The Labute approximate surface area is 119 Å². The van der Waals surface area contributed by atoms with Gasteiger partial charge < -0.3 is 14.5 Å². The second kappa shape index (κ2) is 6.41. The van der Waals surface area contributed by atoms with E-state index < -0.39 is 0 Å². The average Bonchev–Trinajstić information content (AvgIpc) is 2.48. The van der Waals surface area contributed by atoms with Crippen LogP contribution in [0, 0.1) is 0 Å². The molecule has 2 rings (SSSR count). The highest BCUT2D eigenvalue weighted by molar-refractivity contribution is 5.74. The number of hydrogen-bond acceptors (Lipinski definition) is 4. The average molecular weight is 276 g/mol. The minimum Gasteiger partial charge on any atom is -0.469 e. The molecule has 0 aromatic heterocycles. The molecule has 5 heteroatoms. The van der Waals surface area contributed by atoms with Crippen molar-refractivity contribution >= 4 is 17.6 Å². The highest BCUT2D eigenvalue weighted by atomic mass is 16.5. The fourth-order valence-electron chi connectivity index (χ4n) is 2.34. The molecule has 1 aliphatic heterocycles. The van der Waals surface area contributed by atoms with E-state index in [0.29, 0.717) is 6.42 Å². The zero-order chi connectivity index (χ0) is 14.5. The van der Waals surface area contributed by atoms with Crippen LogP contribution in [0.4, 0.5) is 5.69 Å². The van der Waals surface area contributed by atoms with Gasteiger partial charge in [-0.15, -0.1) is 0 Å². The summed E-state index contributed by atoms with van der Waals surface area (Å²) < 4.78 is 4.65. The predicted molar refractivity (Wildman–Crippen MR) is 76.6 cm³/mol. The van der Waals surface area contributed by atoms with Crippen molar-refractivity contribution in [1.29, 1.82) is 0 Å². The maximum absolute atomic E-state index is 11.3. The number of hydrogen-bond donors (Lipinski definition) is 0. The molecule has 1 saturated heterocycles. The van der Waals surface area contributed by atoms with Gasteiger partial charge in [-0.25, -0.2) is 0 Å². The SMILES string of the molecule is COC(=O)Cc1ccc(N2CCN(C(C)=O)CC2)cc1. The molecule has 5 nitrogen and oxygen atoms in total. The van der Waals surface area contributed by atoms with E-state index in [1.807, 2.05) is 29.2 Å². The van der Waals surface area contributed by atoms with Crippen LogP contribution in [-0.2, 0) is 20.7 Å². The number of piperazine rings is 1. The Hall–Kier alpha value is -2.04. The zero-order valence-corrected chi connectivity index (χ0v) is 12.0. The quantitative estimate of drug-likeness (QED) is 0.775. The first kappa shape index (κ1) is 14.4.